The second-order valence-electron chi connectivity index (χ2n) is 4.40. The Hall–Kier alpha value is -0.900. The molecule has 0 fully saturated rings. The van der Waals surface area contributed by atoms with E-state index in [1.165, 1.54) is 12.1 Å². The standard InChI is InChI=1S/C15H13BrClFO/c16-13-4-2-1-3-11(13)9-12(19)7-10-5-6-14(17)15(18)8-10/h1-6,8,12,19H,7,9H2. The van der Waals surface area contributed by atoms with Gasteiger partial charge in [0.2, 0.25) is 0 Å². The minimum atomic E-state index is -0.556. The molecular formula is C15H13BrClFO. The van der Waals surface area contributed by atoms with Crippen LogP contribution in [0.5, 0.6) is 0 Å². The van der Waals surface area contributed by atoms with E-state index in [1.807, 2.05) is 24.3 Å². The number of hydrogen-bond donors (Lipinski definition) is 1. The fraction of sp³-hybridized carbons (Fsp3) is 0.200. The second-order valence-corrected chi connectivity index (χ2v) is 5.66. The van der Waals surface area contributed by atoms with Crippen LogP contribution in [0.25, 0.3) is 0 Å². The number of halogens is 3. The fourth-order valence-corrected chi connectivity index (χ4v) is 2.49. The Labute approximate surface area is 125 Å². The minimum absolute atomic E-state index is 0.101. The van der Waals surface area contributed by atoms with Gasteiger partial charge in [0.15, 0.2) is 0 Å². The first-order chi connectivity index (χ1) is 9.06. The van der Waals surface area contributed by atoms with E-state index in [4.69, 9.17) is 11.6 Å². The Morgan fingerprint density at radius 1 is 1.16 bits per heavy atom. The van der Waals surface area contributed by atoms with Crippen LogP contribution < -0.4 is 0 Å². The molecule has 0 amide bonds. The number of hydrogen-bond acceptors (Lipinski definition) is 1. The summed E-state index contributed by atoms with van der Waals surface area (Å²) in [7, 11) is 0. The van der Waals surface area contributed by atoms with E-state index in [9.17, 15) is 9.50 Å². The van der Waals surface area contributed by atoms with Crippen molar-refractivity contribution in [3.63, 3.8) is 0 Å². The van der Waals surface area contributed by atoms with Crippen molar-refractivity contribution >= 4 is 27.5 Å². The van der Waals surface area contributed by atoms with Gasteiger partial charge >= 0.3 is 0 Å². The maximum absolute atomic E-state index is 13.3. The quantitative estimate of drug-likeness (QED) is 0.873. The highest BCUT2D eigenvalue weighted by Crippen LogP contribution is 2.20. The average Bonchev–Trinajstić information content (AvgIpc) is 2.37. The third kappa shape index (κ3) is 4.03. The lowest BCUT2D eigenvalue weighted by Gasteiger charge is -2.12. The van der Waals surface area contributed by atoms with Crippen molar-refractivity contribution < 1.29 is 9.50 Å². The van der Waals surface area contributed by atoms with E-state index in [2.05, 4.69) is 15.9 Å². The summed E-state index contributed by atoms with van der Waals surface area (Å²) in [6.45, 7) is 0. The normalized spacial score (nSPS) is 12.4. The van der Waals surface area contributed by atoms with Crippen LogP contribution in [-0.4, -0.2) is 11.2 Å². The molecule has 0 aliphatic heterocycles. The first-order valence-electron chi connectivity index (χ1n) is 5.91. The second kappa shape index (κ2) is 6.51. The van der Waals surface area contributed by atoms with Crippen LogP contribution in [0, 0.1) is 5.82 Å². The molecule has 1 atom stereocenters. The Morgan fingerprint density at radius 2 is 1.89 bits per heavy atom. The molecule has 4 heteroatoms. The van der Waals surface area contributed by atoms with Gasteiger partial charge in [-0.25, -0.2) is 4.39 Å². The zero-order valence-corrected chi connectivity index (χ0v) is 12.5. The number of aliphatic hydroxyl groups is 1. The molecule has 0 saturated carbocycles. The van der Waals surface area contributed by atoms with Gasteiger partial charge in [-0.05, 0) is 42.2 Å². The lowest BCUT2D eigenvalue weighted by Crippen LogP contribution is -2.14. The molecule has 2 rings (SSSR count). The van der Waals surface area contributed by atoms with E-state index < -0.39 is 11.9 Å². The summed E-state index contributed by atoms with van der Waals surface area (Å²) in [5.41, 5.74) is 1.77. The van der Waals surface area contributed by atoms with Crippen molar-refractivity contribution in [2.45, 2.75) is 18.9 Å². The monoisotopic (exact) mass is 342 g/mol. The van der Waals surface area contributed by atoms with Crippen LogP contribution in [0.3, 0.4) is 0 Å². The summed E-state index contributed by atoms with van der Waals surface area (Å²) in [4.78, 5) is 0. The lowest BCUT2D eigenvalue weighted by atomic mass is 10.0. The van der Waals surface area contributed by atoms with Crippen molar-refractivity contribution in [3.8, 4) is 0 Å². The number of aliphatic hydroxyl groups excluding tert-OH is 1. The topological polar surface area (TPSA) is 20.2 Å². The molecule has 0 radical (unpaired) electrons. The molecule has 0 saturated heterocycles. The minimum Gasteiger partial charge on any atom is -0.392 e. The van der Waals surface area contributed by atoms with Gasteiger partial charge in [0.05, 0.1) is 11.1 Å². The SMILES string of the molecule is OC(Cc1ccc(Cl)c(F)c1)Cc1ccccc1Br. The Balaban J connectivity index is 2.03. The van der Waals surface area contributed by atoms with Crippen LogP contribution >= 0.6 is 27.5 Å². The van der Waals surface area contributed by atoms with Gasteiger partial charge in [-0.2, -0.15) is 0 Å². The molecule has 0 bridgehead atoms. The van der Waals surface area contributed by atoms with Gasteiger partial charge < -0.3 is 5.11 Å². The van der Waals surface area contributed by atoms with Gasteiger partial charge in [0.25, 0.3) is 0 Å². The highest BCUT2D eigenvalue weighted by molar-refractivity contribution is 9.10. The molecule has 19 heavy (non-hydrogen) atoms. The van der Waals surface area contributed by atoms with Crippen molar-refractivity contribution in [1.29, 1.82) is 0 Å². The fourth-order valence-electron chi connectivity index (χ4n) is 1.93. The van der Waals surface area contributed by atoms with Crippen LogP contribution in [0.4, 0.5) is 4.39 Å². The first-order valence-corrected chi connectivity index (χ1v) is 7.09. The van der Waals surface area contributed by atoms with E-state index in [0.29, 0.717) is 12.8 Å². The molecule has 1 unspecified atom stereocenters. The zero-order valence-electron chi connectivity index (χ0n) is 10.1. The molecule has 100 valence electrons. The van der Waals surface area contributed by atoms with Crippen molar-refractivity contribution in [1.82, 2.24) is 0 Å². The highest BCUT2D eigenvalue weighted by atomic mass is 79.9. The molecule has 1 nitrogen and oxygen atoms in total. The maximum atomic E-state index is 13.3. The third-order valence-corrected chi connectivity index (χ3v) is 3.95. The third-order valence-electron chi connectivity index (χ3n) is 2.87. The molecule has 1 N–H and O–H groups in total. The summed E-state index contributed by atoms with van der Waals surface area (Å²) in [6.07, 6.45) is 0.362. The predicted molar refractivity (Wildman–Crippen MR) is 79.0 cm³/mol. The highest BCUT2D eigenvalue weighted by Gasteiger charge is 2.10. The van der Waals surface area contributed by atoms with Gasteiger partial charge in [0, 0.05) is 4.47 Å². The van der Waals surface area contributed by atoms with Crippen LogP contribution in [0.2, 0.25) is 5.02 Å². The summed E-state index contributed by atoms with van der Waals surface area (Å²) >= 11 is 9.07. The van der Waals surface area contributed by atoms with Crippen LogP contribution in [-0.2, 0) is 12.8 Å². The van der Waals surface area contributed by atoms with Crippen molar-refractivity contribution in [2.24, 2.45) is 0 Å². The lowest BCUT2D eigenvalue weighted by molar-refractivity contribution is 0.175. The molecule has 0 aliphatic rings. The molecule has 0 aliphatic carbocycles. The predicted octanol–water partition coefficient (Wildman–Crippen LogP) is 4.39. The van der Waals surface area contributed by atoms with E-state index >= 15 is 0 Å². The Bertz CT molecular complexity index is 574. The molecule has 0 spiro atoms. The molecular weight excluding hydrogens is 331 g/mol. The largest absolute Gasteiger partial charge is 0.392 e. The summed E-state index contributed by atoms with van der Waals surface area (Å²) in [6, 6.07) is 12.3. The molecule has 2 aromatic carbocycles. The summed E-state index contributed by atoms with van der Waals surface area (Å²) in [5.74, 6) is -0.452. The van der Waals surface area contributed by atoms with Gasteiger partial charge in [-0.1, -0.05) is 51.8 Å². The van der Waals surface area contributed by atoms with Crippen molar-refractivity contribution in [2.75, 3.05) is 0 Å². The Kier molecular flexibility index (Phi) is 4.97. The van der Waals surface area contributed by atoms with E-state index in [-0.39, 0.29) is 5.02 Å². The Morgan fingerprint density at radius 3 is 2.58 bits per heavy atom. The number of rotatable bonds is 4. The first kappa shape index (κ1) is 14.5. The smallest absolute Gasteiger partial charge is 0.142 e. The van der Waals surface area contributed by atoms with Crippen molar-refractivity contribution in [3.05, 3.63) is 68.9 Å². The zero-order chi connectivity index (χ0) is 13.8. The molecule has 2 aromatic rings. The molecule has 0 heterocycles. The van der Waals surface area contributed by atoms with Gasteiger partial charge in [-0.3, -0.25) is 0 Å². The maximum Gasteiger partial charge on any atom is 0.142 e. The van der Waals surface area contributed by atoms with E-state index in [1.54, 1.807) is 6.07 Å². The molecule has 0 aromatic heterocycles. The van der Waals surface area contributed by atoms with Gasteiger partial charge in [-0.15, -0.1) is 0 Å². The van der Waals surface area contributed by atoms with Crippen LogP contribution in [0.15, 0.2) is 46.9 Å². The average molecular weight is 344 g/mol. The number of benzene rings is 2. The van der Waals surface area contributed by atoms with Crippen LogP contribution in [0.1, 0.15) is 11.1 Å². The van der Waals surface area contributed by atoms with Gasteiger partial charge in [0.1, 0.15) is 5.82 Å². The summed E-state index contributed by atoms with van der Waals surface area (Å²) in [5, 5.41) is 10.2. The van der Waals surface area contributed by atoms with E-state index in [0.717, 1.165) is 15.6 Å². The summed E-state index contributed by atoms with van der Waals surface area (Å²) < 4.78 is 14.3.